The maximum absolute atomic E-state index is 11.8. The number of carbonyl (C=O) groups excluding carboxylic acids is 3. The lowest BCUT2D eigenvalue weighted by Crippen LogP contribution is -2.38. The third kappa shape index (κ3) is 7.97. The van der Waals surface area contributed by atoms with E-state index in [1.165, 1.54) is 0 Å². The molecule has 126 valence electrons. The van der Waals surface area contributed by atoms with Gasteiger partial charge >= 0.3 is 11.9 Å². The molecule has 0 heterocycles. The van der Waals surface area contributed by atoms with Crippen LogP contribution in [0, 0.1) is 0 Å². The molecule has 0 aromatic rings. The highest BCUT2D eigenvalue weighted by Gasteiger charge is 2.32. The molecule has 0 fully saturated rings. The highest BCUT2D eigenvalue weighted by molar-refractivity contribution is 6.74. The monoisotopic (exact) mass is 330 g/mol. The van der Waals surface area contributed by atoms with Crippen LogP contribution in [0.15, 0.2) is 12.2 Å². The first kappa shape index (κ1) is 20.4. The second-order valence-corrected chi connectivity index (χ2v) is 9.41. The van der Waals surface area contributed by atoms with E-state index in [4.69, 9.17) is 9.16 Å². The molecule has 0 radical (unpaired) electrons. The fraction of sp³-hybridized carbons (Fsp3) is 0.667. The van der Waals surface area contributed by atoms with Crippen molar-refractivity contribution in [1.29, 1.82) is 0 Å². The van der Waals surface area contributed by atoms with Crippen molar-refractivity contribution in [3.8, 4) is 0 Å². The summed E-state index contributed by atoms with van der Waals surface area (Å²) in [5.41, 5.74) is 0. The van der Waals surface area contributed by atoms with E-state index >= 15 is 0 Å². The van der Waals surface area contributed by atoms with Crippen molar-refractivity contribution >= 4 is 26.2 Å². The first-order valence-corrected chi connectivity index (χ1v) is 10.2. The Morgan fingerprint density at radius 2 is 1.36 bits per heavy atom. The third-order valence-corrected chi connectivity index (χ3v) is 7.98. The molecule has 0 aliphatic heterocycles. The number of hydrogen-bond donors (Lipinski definition) is 0. The lowest BCUT2D eigenvalue weighted by molar-refractivity contribution is -0.143. The maximum Gasteiger partial charge on any atom is 0.331 e. The van der Waals surface area contributed by atoms with Gasteiger partial charge in [-0.25, -0.2) is 9.59 Å². The largest absolute Gasteiger partial charge is 0.519 e. The summed E-state index contributed by atoms with van der Waals surface area (Å²) >= 11 is 0. The number of rotatable bonds is 10. The predicted molar refractivity (Wildman–Crippen MR) is 84.6 cm³/mol. The Labute approximate surface area is 132 Å². The Bertz CT molecular complexity index is 393. The zero-order valence-electron chi connectivity index (χ0n) is 13.8. The summed E-state index contributed by atoms with van der Waals surface area (Å²) < 4.78 is 15.1. The van der Waals surface area contributed by atoms with Crippen LogP contribution in [-0.2, 0) is 28.3 Å². The van der Waals surface area contributed by atoms with E-state index in [2.05, 4.69) is 4.74 Å². The average molecular weight is 330 g/mol. The minimum Gasteiger partial charge on any atom is -0.519 e. The van der Waals surface area contributed by atoms with Gasteiger partial charge in [-0.1, -0.05) is 20.8 Å². The van der Waals surface area contributed by atoms with Gasteiger partial charge in [0.25, 0.3) is 14.3 Å². The van der Waals surface area contributed by atoms with Crippen LogP contribution in [-0.4, -0.2) is 39.4 Å². The molecule has 0 saturated carbocycles. The summed E-state index contributed by atoms with van der Waals surface area (Å²) in [6.45, 7) is 7.95. The predicted octanol–water partition coefficient (Wildman–Crippen LogP) is 2.59. The highest BCUT2D eigenvalue weighted by Crippen LogP contribution is 2.22. The van der Waals surface area contributed by atoms with Crippen LogP contribution in [0.25, 0.3) is 0 Å². The van der Waals surface area contributed by atoms with Crippen molar-refractivity contribution in [3.05, 3.63) is 12.2 Å². The molecule has 0 aromatic heterocycles. The molecule has 7 heteroatoms. The standard InChI is InChI=1S/C15H26O6Si/c1-5-19-13(16)9-10-14(17)20-12-11-15(18)21-22(6-2,7-3)8-4/h9-10H,5-8,11-12H2,1-4H3/b10-9-. The Morgan fingerprint density at radius 1 is 0.864 bits per heavy atom. The van der Waals surface area contributed by atoms with E-state index in [-0.39, 0.29) is 25.6 Å². The summed E-state index contributed by atoms with van der Waals surface area (Å²) in [6, 6.07) is 2.65. The number of hydrogen-bond acceptors (Lipinski definition) is 6. The smallest absolute Gasteiger partial charge is 0.331 e. The van der Waals surface area contributed by atoms with Crippen molar-refractivity contribution in [2.45, 2.75) is 52.2 Å². The van der Waals surface area contributed by atoms with Gasteiger partial charge in [0.2, 0.25) is 0 Å². The summed E-state index contributed by atoms with van der Waals surface area (Å²) in [5, 5.41) is 0. The summed E-state index contributed by atoms with van der Waals surface area (Å²) in [5.74, 6) is -1.63. The molecular formula is C15H26O6Si. The third-order valence-electron chi connectivity index (χ3n) is 3.46. The first-order chi connectivity index (χ1) is 10.4. The molecule has 0 aromatic carbocycles. The van der Waals surface area contributed by atoms with E-state index < -0.39 is 20.3 Å². The normalized spacial score (nSPS) is 11.3. The van der Waals surface area contributed by atoms with Crippen molar-refractivity contribution in [3.63, 3.8) is 0 Å². The number of ether oxygens (including phenoxy) is 2. The van der Waals surface area contributed by atoms with Gasteiger partial charge in [0.1, 0.15) is 6.61 Å². The SMILES string of the molecule is CCOC(=O)/C=C\C(=O)OCCC(=O)O[Si](CC)(CC)CC. The number of carbonyl (C=O) groups is 3. The second kappa shape index (κ2) is 11.0. The molecule has 0 N–H and O–H groups in total. The quantitative estimate of drug-likeness (QED) is 0.348. The highest BCUT2D eigenvalue weighted by atomic mass is 28.4. The molecular weight excluding hydrogens is 304 g/mol. The van der Waals surface area contributed by atoms with E-state index in [0.717, 1.165) is 30.3 Å². The van der Waals surface area contributed by atoms with Gasteiger partial charge in [-0.15, -0.1) is 0 Å². The molecule has 0 rings (SSSR count). The molecule has 0 saturated heterocycles. The van der Waals surface area contributed by atoms with Crippen LogP contribution >= 0.6 is 0 Å². The Balaban J connectivity index is 4.12. The minimum absolute atomic E-state index is 0.0216. The fourth-order valence-electron chi connectivity index (χ4n) is 1.87. The summed E-state index contributed by atoms with van der Waals surface area (Å²) in [7, 11) is -1.96. The summed E-state index contributed by atoms with van der Waals surface area (Å²) in [6.07, 6.45) is 1.99. The molecule has 6 nitrogen and oxygen atoms in total. The Kier molecular flexibility index (Phi) is 10.2. The van der Waals surface area contributed by atoms with E-state index in [1.54, 1.807) is 6.92 Å². The van der Waals surface area contributed by atoms with Crippen LogP contribution in [0.2, 0.25) is 18.1 Å². The Hall–Kier alpha value is -1.63. The van der Waals surface area contributed by atoms with Gasteiger partial charge in [0.15, 0.2) is 0 Å². The van der Waals surface area contributed by atoms with Gasteiger partial charge in [0.05, 0.1) is 13.0 Å². The van der Waals surface area contributed by atoms with Gasteiger partial charge in [0, 0.05) is 12.2 Å². The molecule has 22 heavy (non-hydrogen) atoms. The van der Waals surface area contributed by atoms with Crippen LogP contribution < -0.4 is 0 Å². The van der Waals surface area contributed by atoms with Crippen LogP contribution in [0.5, 0.6) is 0 Å². The van der Waals surface area contributed by atoms with Crippen molar-refractivity contribution in [2.24, 2.45) is 0 Å². The molecule has 0 unspecified atom stereocenters. The van der Waals surface area contributed by atoms with Crippen molar-refractivity contribution < 1.29 is 28.3 Å². The van der Waals surface area contributed by atoms with Crippen molar-refractivity contribution in [1.82, 2.24) is 0 Å². The summed E-state index contributed by atoms with van der Waals surface area (Å²) in [4.78, 5) is 34.1. The van der Waals surface area contributed by atoms with Crippen LogP contribution in [0.1, 0.15) is 34.1 Å². The minimum atomic E-state index is -1.96. The maximum atomic E-state index is 11.8. The molecule has 0 bridgehead atoms. The zero-order valence-corrected chi connectivity index (χ0v) is 14.8. The fourth-order valence-corrected chi connectivity index (χ4v) is 4.39. The molecule has 0 amide bonds. The van der Waals surface area contributed by atoms with E-state index in [9.17, 15) is 14.4 Å². The molecule has 0 aliphatic rings. The van der Waals surface area contributed by atoms with E-state index in [1.807, 2.05) is 20.8 Å². The average Bonchev–Trinajstić information content (AvgIpc) is 2.51. The van der Waals surface area contributed by atoms with Gasteiger partial charge in [-0.3, -0.25) is 4.79 Å². The number of esters is 2. The lowest BCUT2D eigenvalue weighted by Gasteiger charge is -2.27. The topological polar surface area (TPSA) is 78.9 Å². The van der Waals surface area contributed by atoms with Gasteiger partial charge < -0.3 is 13.9 Å². The van der Waals surface area contributed by atoms with Gasteiger partial charge in [-0.05, 0) is 25.1 Å². The van der Waals surface area contributed by atoms with Crippen LogP contribution in [0.3, 0.4) is 0 Å². The van der Waals surface area contributed by atoms with E-state index in [0.29, 0.717) is 0 Å². The van der Waals surface area contributed by atoms with Crippen molar-refractivity contribution in [2.75, 3.05) is 13.2 Å². The lowest BCUT2D eigenvalue weighted by atomic mass is 10.4. The Morgan fingerprint density at radius 3 is 1.82 bits per heavy atom. The second-order valence-electron chi connectivity index (χ2n) is 4.72. The molecule has 0 aliphatic carbocycles. The molecule has 0 spiro atoms. The van der Waals surface area contributed by atoms with Gasteiger partial charge in [-0.2, -0.15) is 0 Å². The first-order valence-electron chi connectivity index (χ1n) is 7.66. The molecule has 0 atom stereocenters. The van der Waals surface area contributed by atoms with Crippen LogP contribution in [0.4, 0.5) is 0 Å². The zero-order chi connectivity index (χ0) is 17.0.